The summed E-state index contributed by atoms with van der Waals surface area (Å²) in [4.78, 5) is 0. The molecule has 5 nitrogen and oxygen atoms in total. The molecule has 0 saturated heterocycles. The van der Waals surface area contributed by atoms with Gasteiger partial charge in [-0.1, -0.05) is 12.1 Å². The summed E-state index contributed by atoms with van der Waals surface area (Å²) in [5.74, 6) is 0.142. The van der Waals surface area contributed by atoms with E-state index in [1.807, 2.05) is 6.92 Å². The Morgan fingerprint density at radius 2 is 2.10 bits per heavy atom. The van der Waals surface area contributed by atoms with Crippen LogP contribution < -0.4 is 10.5 Å². The highest BCUT2D eigenvalue weighted by Gasteiger charge is 2.14. The van der Waals surface area contributed by atoms with Crippen molar-refractivity contribution in [1.82, 2.24) is 5.32 Å². The summed E-state index contributed by atoms with van der Waals surface area (Å²) in [6.45, 7) is 2.19. The summed E-state index contributed by atoms with van der Waals surface area (Å²) in [6.07, 6.45) is 0. The molecule has 0 saturated carbocycles. The number of nitrogens with two attached hydrogens (primary N) is 1. The minimum absolute atomic E-state index is 0.103. The van der Waals surface area contributed by atoms with Gasteiger partial charge in [0.25, 0.3) is 10.0 Å². The van der Waals surface area contributed by atoms with Gasteiger partial charge in [0, 0.05) is 6.04 Å². The van der Waals surface area contributed by atoms with E-state index < -0.39 is 10.0 Å². The van der Waals surface area contributed by atoms with Gasteiger partial charge >= 0.3 is 0 Å². The summed E-state index contributed by atoms with van der Waals surface area (Å²) in [5.41, 5.74) is 0.795. The number of hydrogen-bond donors (Lipinski definition) is 2. The third-order valence-electron chi connectivity index (χ3n) is 2.85. The Kier molecular flexibility index (Phi) is 4.22. The Morgan fingerprint density at radius 1 is 1.35 bits per heavy atom. The summed E-state index contributed by atoms with van der Waals surface area (Å²) >= 11 is 0. The monoisotopic (exact) mass is 298 g/mol. The van der Waals surface area contributed by atoms with Gasteiger partial charge in [0.2, 0.25) is 5.09 Å². The Hall–Kier alpha value is -1.70. The quantitative estimate of drug-likeness (QED) is 0.883. The second-order valence-corrected chi connectivity index (χ2v) is 5.92. The molecule has 0 amide bonds. The second kappa shape index (κ2) is 5.74. The lowest BCUT2D eigenvalue weighted by atomic mass is 10.1. The third kappa shape index (κ3) is 3.66. The topological polar surface area (TPSA) is 85.3 Å². The van der Waals surface area contributed by atoms with Gasteiger partial charge in [-0.2, -0.15) is 0 Å². The van der Waals surface area contributed by atoms with Crippen LogP contribution in [-0.4, -0.2) is 8.42 Å². The van der Waals surface area contributed by atoms with Gasteiger partial charge in [-0.25, -0.2) is 17.9 Å². The van der Waals surface area contributed by atoms with Crippen LogP contribution in [0.15, 0.2) is 45.9 Å². The first kappa shape index (κ1) is 14.7. The first-order valence-corrected chi connectivity index (χ1v) is 7.51. The van der Waals surface area contributed by atoms with E-state index in [0.29, 0.717) is 12.3 Å². The SMILES string of the molecule is C[C@H](NCc1ccc(S(N)(=O)=O)o1)c1cccc(F)c1. The number of primary sulfonamides is 1. The lowest BCUT2D eigenvalue weighted by Crippen LogP contribution is -2.18. The van der Waals surface area contributed by atoms with Crippen molar-refractivity contribution in [3.8, 4) is 0 Å². The Balaban J connectivity index is 2.00. The van der Waals surface area contributed by atoms with Crippen LogP contribution >= 0.6 is 0 Å². The van der Waals surface area contributed by atoms with E-state index >= 15 is 0 Å². The van der Waals surface area contributed by atoms with Crippen molar-refractivity contribution >= 4 is 10.0 Å². The molecule has 1 atom stereocenters. The van der Waals surface area contributed by atoms with Crippen molar-refractivity contribution in [3.63, 3.8) is 0 Å². The van der Waals surface area contributed by atoms with Gasteiger partial charge in [0.1, 0.15) is 11.6 Å². The first-order chi connectivity index (χ1) is 9.36. The molecule has 108 valence electrons. The molecule has 0 aliphatic carbocycles. The highest BCUT2D eigenvalue weighted by atomic mass is 32.2. The number of halogens is 1. The summed E-state index contributed by atoms with van der Waals surface area (Å²) in [5, 5.41) is 7.79. The van der Waals surface area contributed by atoms with E-state index in [1.165, 1.54) is 24.3 Å². The zero-order valence-corrected chi connectivity index (χ0v) is 11.7. The fourth-order valence-electron chi connectivity index (χ4n) is 1.75. The van der Waals surface area contributed by atoms with E-state index in [0.717, 1.165) is 5.56 Å². The van der Waals surface area contributed by atoms with Gasteiger partial charge in [0.05, 0.1) is 6.54 Å². The molecule has 20 heavy (non-hydrogen) atoms. The largest absolute Gasteiger partial charge is 0.447 e. The van der Waals surface area contributed by atoms with Crippen molar-refractivity contribution in [1.29, 1.82) is 0 Å². The number of rotatable bonds is 5. The van der Waals surface area contributed by atoms with Crippen LogP contribution in [0.5, 0.6) is 0 Å². The van der Waals surface area contributed by atoms with Crippen LogP contribution in [0.3, 0.4) is 0 Å². The maximum Gasteiger partial charge on any atom is 0.271 e. The third-order valence-corrected chi connectivity index (χ3v) is 3.63. The Labute approximate surface area is 116 Å². The van der Waals surface area contributed by atoms with Crippen LogP contribution in [0.4, 0.5) is 4.39 Å². The van der Waals surface area contributed by atoms with Crippen molar-refractivity contribution in [3.05, 3.63) is 53.5 Å². The Morgan fingerprint density at radius 3 is 2.70 bits per heavy atom. The van der Waals surface area contributed by atoms with Crippen molar-refractivity contribution in [2.45, 2.75) is 24.6 Å². The van der Waals surface area contributed by atoms with Crippen LogP contribution in [-0.2, 0) is 16.6 Å². The minimum Gasteiger partial charge on any atom is -0.447 e. The average molecular weight is 298 g/mol. The molecule has 1 heterocycles. The average Bonchev–Trinajstić information content (AvgIpc) is 2.84. The van der Waals surface area contributed by atoms with E-state index in [1.54, 1.807) is 12.1 Å². The maximum absolute atomic E-state index is 13.1. The molecule has 0 fully saturated rings. The van der Waals surface area contributed by atoms with E-state index in [-0.39, 0.29) is 17.0 Å². The number of furan rings is 1. The standard InChI is InChI=1S/C13H15FN2O3S/c1-9(10-3-2-4-11(14)7-10)16-8-12-5-6-13(19-12)20(15,17)18/h2-7,9,16H,8H2,1H3,(H2,15,17,18)/t9-/m0/s1. The normalized spacial score (nSPS) is 13.3. The molecular weight excluding hydrogens is 283 g/mol. The van der Waals surface area contributed by atoms with E-state index in [9.17, 15) is 12.8 Å². The number of benzene rings is 1. The highest BCUT2D eigenvalue weighted by Crippen LogP contribution is 2.16. The zero-order chi connectivity index (χ0) is 14.8. The zero-order valence-electron chi connectivity index (χ0n) is 10.8. The molecule has 2 rings (SSSR count). The lowest BCUT2D eigenvalue weighted by molar-refractivity contribution is 0.393. The highest BCUT2D eigenvalue weighted by molar-refractivity contribution is 7.89. The van der Waals surface area contributed by atoms with E-state index in [2.05, 4.69) is 5.32 Å². The molecular formula is C13H15FN2O3S. The predicted molar refractivity (Wildman–Crippen MR) is 71.7 cm³/mol. The summed E-state index contributed by atoms with van der Waals surface area (Å²) in [7, 11) is -3.82. The molecule has 0 radical (unpaired) electrons. The molecule has 0 aliphatic rings. The van der Waals surface area contributed by atoms with Gasteiger partial charge in [0.15, 0.2) is 0 Å². The van der Waals surface area contributed by atoms with Gasteiger partial charge < -0.3 is 9.73 Å². The molecule has 1 aromatic heterocycles. The molecule has 2 aromatic rings. The van der Waals surface area contributed by atoms with Crippen LogP contribution in [0.2, 0.25) is 0 Å². The fourth-order valence-corrected chi connectivity index (χ4v) is 2.23. The molecule has 0 unspecified atom stereocenters. The molecule has 0 aliphatic heterocycles. The number of hydrogen-bond acceptors (Lipinski definition) is 4. The summed E-state index contributed by atoms with van der Waals surface area (Å²) in [6, 6.07) is 8.99. The van der Waals surface area contributed by atoms with Crippen LogP contribution in [0.25, 0.3) is 0 Å². The number of nitrogens with one attached hydrogen (secondary N) is 1. The van der Waals surface area contributed by atoms with Crippen LogP contribution in [0.1, 0.15) is 24.3 Å². The number of sulfonamides is 1. The smallest absolute Gasteiger partial charge is 0.271 e. The summed E-state index contributed by atoms with van der Waals surface area (Å²) < 4.78 is 40.3. The fraction of sp³-hybridized carbons (Fsp3) is 0.231. The lowest BCUT2D eigenvalue weighted by Gasteiger charge is -2.13. The van der Waals surface area contributed by atoms with Gasteiger partial charge in [-0.15, -0.1) is 0 Å². The maximum atomic E-state index is 13.1. The van der Waals surface area contributed by atoms with Crippen molar-refractivity contribution in [2.24, 2.45) is 5.14 Å². The van der Waals surface area contributed by atoms with Crippen molar-refractivity contribution in [2.75, 3.05) is 0 Å². The van der Waals surface area contributed by atoms with E-state index in [4.69, 9.17) is 9.56 Å². The van der Waals surface area contributed by atoms with Crippen molar-refractivity contribution < 1.29 is 17.2 Å². The van der Waals surface area contributed by atoms with Gasteiger partial charge in [-0.05, 0) is 36.8 Å². The molecule has 7 heteroatoms. The molecule has 0 spiro atoms. The Bertz CT molecular complexity index is 697. The predicted octanol–water partition coefficient (Wildman–Crippen LogP) is 1.92. The van der Waals surface area contributed by atoms with Gasteiger partial charge in [-0.3, -0.25) is 0 Å². The molecule has 3 N–H and O–H groups in total. The minimum atomic E-state index is -3.82. The second-order valence-electron chi connectivity index (χ2n) is 4.42. The molecule has 1 aromatic carbocycles. The van der Waals surface area contributed by atoms with Crippen LogP contribution in [0, 0.1) is 5.82 Å². The molecule has 0 bridgehead atoms. The first-order valence-electron chi connectivity index (χ1n) is 5.96.